The molecular formula is C10H16N2O4. The fourth-order valence-electron chi connectivity index (χ4n) is 1.65. The Hall–Kier alpha value is -1.59. The Balaban J connectivity index is 2.50. The molecule has 0 saturated carbocycles. The fraction of sp³-hybridized carbons (Fsp3) is 0.700. The molecule has 0 aliphatic carbocycles. The summed E-state index contributed by atoms with van der Waals surface area (Å²) in [6, 6.07) is -0.527. The molecule has 0 aromatic carbocycles. The van der Waals surface area contributed by atoms with Crippen molar-refractivity contribution >= 4 is 17.8 Å². The van der Waals surface area contributed by atoms with Crippen molar-refractivity contribution in [2.24, 2.45) is 0 Å². The fourth-order valence-corrected chi connectivity index (χ4v) is 1.65. The first-order valence-corrected chi connectivity index (χ1v) is 5.13. The van der Waals surface area contributed by atoms with Crippen LogP contribution in [0.5, 0.6) is 0 Å². The second-order valence-electron chi connectivity index (χ2n) is 4.60. The summed E-state index contributed by atoms with van der Waals surface area (Å²) < 4.78 is 0. The Morgan fingerprint density at radius 3 is 2.62 bits per heavy atom. The molecule has 1 atom stereocenters. The summed E-state index contributed by atoms with van der Waals surface area (Å²) in [5, 5.41) is 13.8. The van der Waals surface area contributed by atoms with Crippen LogP contribution in [0.25, 0.3) is 0 Å². The van der Waals surface area contributed by atoms with Crippen molar-refractivity contribution in [3.05, 3.63) is 0 Å². The summed E-state index contributed by atoms with van der Waals surface area (Å²) in [6.45, 7) is 3.27. The van der Waals surface area contributed by atoms with E-state index in [0.717, 1.165) is 0 Å². The van der Waals surface area contributed by atoms with Crippen molar-refractivity contribution in [3.8, 4) is 0 Å². The number of carbonyl (C=O) groups is 3. The Bertz CT molecular complexity index is 325. The van der Waals surface area contributed by atoms with Crippen molar-refractivity contribution in [1.82, 2.24) is 10.6 Å². The van der Waals surface area contributed by atoms with Gasteiger partial charge in [0.2, 0.25) is 11.8 Å². The third-order valence-corrected chi connectivity index (χ3v) is 2.37. The van der Waals surface area contributed by atoms with Gasteiger partial charge in [-0.15, -0.1) is 0 Å². The number of aliphatic carboxylic acids is 1. The quantitative estimate of drug-likeness (QED) is 0.612. The standard InChI is InChI=1S/C10H16N2O4/c1-10(2,5-8(14)15)12-9(16)6-3-4-7(13)11-6/h6H,3-5H2,1-2H3,(H,11,13)(H,12,16)(H,14,15). The van der Waals surface area contributed by atoms with Gasteiger partial charge in [-0.2, -0.15) is 0 Å². The maximum atomic E-state index is 11.7. The molecule has 1 aliphatic heterocycles. The Labute approximate surface area is 93.4 Å². The van der Waals surface area contributed by atoms with E-state index in [1.54, 1.807) is 13.8 Å². The highest BCUT2D eigenvalue weighted by Gasteiger charge is 2.31. The van der Waals surface area contributed by atoms with Gasteiger partial charge in [0.1, 0.15) is 6.04 Å². The maximum Gasteiger partial charge on any atom is 0.305 e. The van der Waals surface area contributed by atoms with Crippen molar-refractivity contribution in [2.45, 2.75) is 44.7 Å². The molecule has 0 spiro atoms. The van der Waals surface area contributed by atoms with Gasteiger partial charge in [0, 0.05) is 12.0 Å². The molecule has 1 fully saturated rings. The number of carboxylic acids is 1. The van der Waals surface area contributed by atoms with Gasteiger partial charge in [-0.05, 0) is 20.3 Å². The predicted molar refractivity (Wildman–Crippen MR) is 55.6 cm³/mol. The minimum atomic E-state index is -0.972. The van der Waals surface area contributed by atoms with Gasteiger partial charge in [-0.3, -0.25) is 14.4 Å². The molecule has 3 N–H and O–H groups in total. The Morgan fingerprint density at radius 2 is 2.19 bits per heavy atom. The molecule has 1 rings (SSSR count). The van der Waals surface area contributed by atoms with Crippen molar-refractivity contribution < 1.29 is 19.5 Å². The zero-order chi connectivity index (χ0) is 12.3. The van der Waals surface area contributed by atoms with Gasteiger partial charge in [0.25, 0.3) is 0 Å². The minimum absolute atomic E-state index is 0.142. The Kier molecular flexibility index (Phi) is 3.51. The van der Waals surface area contributed by atoms with Gasteiger partial charge in [0.15, 0.2) is 0 Å². The van der Waals surface area contributed by atoms with Crippen LogP contribution in [0.15, 0.2) is 0 Å². The SMILES string of the molecule is CC(C)(CC(=O)O)NC(=O)C1CCC(=O)N1. The van der Waals surface area contributed by atoms with Crippen molar-refractivity contribution in [3.63, 3.8) is 0 Å². The minimum Gasteiger partial charge on any atom is -0.481 e. The molecule has 0 aromatic rings. The van der Waals surface area contributed by atoms with Gasteiger partial charge >= 0.3 is 5.97 Å². The van der Waals surface area contributed by atoms with E-state index in [9.17, 15) is 14.4 Å². The molecule has 1 heterocycles. The molecule has 2 amide bonds. The number of hydrogen-bond acceptors (Lipinski definition) is 3. The average Bonchev–Trinajstić information content (AvgIpc) is 2.47. The number of amides is 2. The molecule has 1 aliphatic rings. The van der Waals surface area contributed by atoms with Crippen LogP contribution in [0.2, 0.25) is 0 Å². The summed E-state index contributed by atoms with van der Waals surface area (Å²) in [5.41, 5.74) is -0.809. The van der Waals surface area contributed by atoms with Crippen LogP contribution < -0.4 is 10.6 Å². The van der Waals surface area contributed by atoms with E-state index in [2.05, 4.69) is 10.6 Å². The highest BCUT2D eigenvalue weighted by atomic mass is 16.4. The van der Waals surface area contributed by atoms with Crippen LogP contribution in [0.4, 0.5) is 0 Å². The highest BCUT2D eigenvalue weighted by Crippen LogP contribution is 2.12. The number of nitrogens with one attached hydrogen (secondary N) is 2. The molecule has 90 valence electrons. The average molecular weight is 228 g/mol. The molecule has 6 nitrogen and oxygen atoms in total. The van der Waals surface area contributed by atoms with E-state index < -0.39 is 17.6 Å². The number of carbonyl (C=O) groups excluding carboxylic acids is 2. The van der Waals surface area contributed by atoms with Gasteiger partial charge < -0.3 is 15.7 Å². The van der Waals surface area contributed by atoms with Crippen molar-refractivity contribution in [2.75, 3.05) is 0 Å². The summed E-state index contributed by atoms with van der Waals surface area (Å²) in [5.74, 6) is -1.44. The molecule has 0 aromatic heterocycles. The molecular weight excluding hydrogens is 212 g/mol. The van der Waals surface area contributed by atoms with Crippen LogP contribution in [0.1, 0.15) is 33.1 Å². The zero-order valence-electron chi connectivity index (χ0n) is 9.37. The summed E-state index contributed by atoms with van der Waals surface area (Å²) in [7, 11) is 0. The second kappa shape index (κ2) is 4.51. The normalized spacial score (nSPS) is 20.4. The van der Waals surface area contributed by atoms with E-state index in [1.807, 2.05) is 0 Å². The first-order valence-electron chi connectivity index (χ1n) is 5.13. The molecule has 0 bridgehead atoms. The van der Waals surface area contributed by atoms with Crippen molar-refractivity contribution in [1.29, 1.82) is 0 Å². The smallest absolute Gasteiger partial charge is 0.305 e. The van der Waals surface area contributed by atoms with E-state index in [0.29, 0.717) is 12.8 Å². The number of rotatable bonds is 4. The third kappa shape index (κ3) is 3.52. The van der Waals surface area contributed by atoms with Crippen LogP contribution >= 0.6 is 0 Å². The summed E-state index contributed by atoms with van der Waals surface area (Å²) in [6.07, 6.45) is 0.657. The monoisotopic (exact) mass is 228 g/mol. The lowest BCUT2D eigenvalue weighted by molar-refractivity contribution is -0.139. The molecule has 0 radical (unpaired) electrons. The maximum absolute atomic E-state index is 11.7. The second-order valence-corrected chi connectivity index (χ2v) is 4.60. The lowest BCUT2D eigenvalue weighted by Crippen LogP contribution is -2.51. The van der Waals surface area contributed by atoms with Crippen LogP contribution in [-0.4, -0.2) is 34.5 Å². The highest BCUT2D eigenvalue weighted by molar-refractivity contribution is 5.91. The first kappa shape index (κ1) is 12.5. The van der Waals surface area contributed by atoms with Gasteiger partial charge in [-0.1, -0.05) is 0 Å². The van der Waals surface area contributed by atoms with Gasteiger partial charge in [0.05, 0.1) is 6.42 Å². The Morgan fingerprint density at radius 1 is 1.56 bits per heavy atom. The largest absolute Gasteiger partial charge is 0.481 e. The summed E-state index contributed by atoms with van der Waals surface area (Å²) in [4.78, 5) is 33.1. The zero-order valence-corrected chi connectivity index (χ0v) is 9.37. The molecule has 6 heteroatoms. The van der Waals surface area contributed by atoms with Gasteiger partial charge in [-0.25, -0.2) is 0 Å². The van der Waals surface area contributed by atoms with Crippen LogP contribution in [0, 0.1) is 0 Å². The molecule has 1 unspecified atom stereocenters. The summed E-state index contributed by atoms with van der Waals surface area (Å²) >= 11 is 0. The predicted octanol–water partition coefficient (Wildman–Crippen LogP) is -0.365. The van der Waals surface area contributed by atoms with E-state index in [4.69, 9.17) is 5.11 Å². The topological polar surface area (TPSA) is 95.5 Å². The van der Waals surface area contributed by atoms with Crippen LogP contribution in [0.3, 0.4) is 0 Å². The first-order chi connectivity index (χ1) is 7.30. The van der Waals surface area contributed by atoms with E-state index in [-0.39, 0.29) is 18.2 Å². The van der Waals surface area contributed by atoms with Crippen LogP contribution in [-0.2, 0) is 14.4 Å². The third-order valence-electron chi connectivity index (χ3n) is 2.37. The lowest BCUT2D eigenvalue weighted by Gasteiger charge is -2.26. The molecule has 16 heavy (non-hydrogen) atoms. The van der Waals surface area contributed by atoms with E-state index in [1.165, 1.54) is 0 Å². The molecule has 1 saturated heterocycles. The number of hydrogen-bond donors (Lipinski definition) is 3. The van der Waals surface area contributed by atoms with E-state index >= 15 is 0 Å². The lowest BCUT2D eigenvalue weighted by atomic mass is 10.00. The number of carboxylic acid groups (broad SMARTS) is 1.